The molecule has 1 aromatic rings. The molecule has 13 heteroatoms. The summed E-state index contributed by atoms with van der Waals surface area (Å²) in [5.74, 6) is -5.59. The van der Waals surface area contributed by atoms with Crippen molar-refractivity contribution in [1.82, 2.24) is 16.0 Å². The van der Waals surface area contributed by atoms with Crippen molar-refractivity contribution in [2.24, 2.45) is 17.2 Å². The van der Waals surface area contributed by atoms with E-state index < -0.39 is 66.6 Å². The Morgan fingerprint density at radius 3 is 2.06 bits per heavy atom. The number of primary amides is 2. The predicted octanol–water partition coefficient (Wildman–Crippen LogP) is -3.13. The van der Waals surface area contributed by atoms with Crippen LogP contribution in [0.1, 0.15) is 24.8 Å². The second kappa shape index (κ2) is 13.4. The van der Waals surface area contributed by atoms with Gasteiger partial charge in [-0.05, 0) is 18.4 Å². The van der Waals surface area contributed by atoms with Crippen LogP contribution in [0.4, 0.5) is 0 Å². The Morgan fingerprint density at radius 2 is 1.52 bits per heavy atom. The van der Waals surface area contributed by atoms with Crippen molar-refractivity contribution in [3.63, 3.8) is 0 Å². The number of carbonyl (C=O) groups excluding carboxylic acids is 5. The van der Waals surface area contributed by atoms with Crippen LogP contribution in [0, 0.1) is 0 Å². The van der Waals surface area contributed by atoms with Gasteiger partial charge in [0.25, 0.3) is 0 Å². The molecule has 3 atom stereocenters. The molecule has 0 saturated carbocycles. The lowest BCUT2D eigenvalue weighted by molar-refractivity contribution is -0.142. The van der Waals surface area contributed by atoms with Gasteiger partial charge < -0.3 is 38.3 Å². The zero-order valence-corrected chi connectivity index (χ0v) is 17.8. The fraction of sp³-hybridized carbons (Fsp3) is 0.400. The quantitative estimate of drug-likeness (QED) is 0.148. The SMILES string of the molecule is NC(=O)CCC(NC(=O)C(CC(N)=O)NC(=O)CNC(=O)C(N)Cc1ccccc1)C(=O)O. The zero-order valence-electron chi connectivity index (χ0n) is 17.8. The minimum atomic E-state index is -1.50. The summed E-state index contributed by atoms with van der Waals surface area (Å²) in [6, 6.07) is 5.08. The second-order valence-electron chi connectivity index (χ2n) is 7.21. The fourth-order valence-electron chi connectivity index (χ4n) is 2.73. The van der Waals surface area contributed by atoms with Crippen LogP contribution in [-0.4, -0.2) is 65.3 Å². The van der Waals surface area contributed by atoms with Gasteiger partial charge in [-0.25, -0.2) is 4.79 Å². The molecule has 10 N–H and O–H groups in total. The summed E-state index contributed by atoms with van der Waals surface area (Å²) in [4.78, 5) is 70.1. The lowest BCUT2D eigenvalue weighted by atomic mass is 10.1. The molecule has 3 unspecified atom stereocenters. The summed E-state index contributed by atoms with van der Waals surface area (Å²) >= 11 is 0. The van der Waals surface area contributed by atoms with Crippen LogP contribution in [0.2, 0.25) is 0 Å². The lowest BCUT2D eigenvalue weighted by Gasteiger charge is -2.21. The number of aliphatic carboxylic acids is 1. The Balaban J connectivity index is 2.65. The average molecular weight is 464 g/mol. The lowest BCUT2D eigenvalue weighted by Crippen LogP contribution is -2.54. The molecule has 0 aliphatic rings. The van der Waals surface area contributed by atoms with Crippen LogP contribution in [0.15, 0.2) is 30.3 Å². The van der Waals surface area contributed by atoms with E-state index in [0.717, 1.165) is 5.56 Å². The molecule has 0 fully saturated rings. The minimum absolute atomic E-state index is 0.239. The fourth-order valence-corrected chi connectivity index (χ4v) is 2.73. The molecule has 0 heterocycles. The number of benzene rings is 1. The first kappa shape index (κ1) is 27.0. The van der Waals surface area contributed by atoms with Crippen LogP contribution >= 0.6 is 0 Å². The number of hydrogen-bond donors (Lipinski definition) is 7. The van der Waals surface area contributed by atoms with E-state index in [0.29, 0.717) is 0 Å². The van der Waals surface area contributed by atoms with Crippen LogP contribution in [0.3, 0.4) is 0 Å². The monoisotopic (exact) mass is 464 g/mol. The molecule has 0 aliphatic carbocycles. The summed E-state index contributed by atoms with van der Waals surface area (Å²) in [7, 11) is 0. The van der Waals surface area contributed by atoms with Crippen molar-refractivity contribution in [2.75, 3.05) is 6.54 Å². The third-order valence-corrected chi connectivity index (χ3v) is 4.41. The molecule has 0 aliphatic heterocycles. The van der Waals surface area contributed by atoms with Crippen molar-refractivity contribution < 1.29 is 33.9 Å². The highest BCUT2D eigenvalue weighted by Crippen LogP contribution is 2.02. The third kappa shape index (κ3) is 10.7. The molecule has 0 aromatic heterocycles. The van der Waals surface area contributed by atoms with Crippen molar-refractivity contribution >= 4 is 35.5 Å². The van der Waals surface area contributed by atoms with Gasteiger partial charge in [0.2, 0.25) is 29.5 Å². The molecule has 180 valence electrons. The maximum absolute atomic E-state index is 12.4. The Morgan fingerprint density at radius 1 is 0.879 bits per heavy atom. The van der Waals surface area contributed by atoms with E-state index in [1.807, 2.05) is 6.07 Å². The molecular formula is C20H28N6O7. The van der Waals surface area contributed by atoms with E-state index in [4.69, 9.17) is 17.2 Å². The van der Waals surface area contributed by atoms with Crippen molar-refractivity contribution in [2.45, 2.75) is 43.8 Å². The number of carboxylic acids is 1. The predicted molar refractivity (Wildman–Crippen MR) is 115 cm³/mol. The van der Waals surface area contributed by atoms with Crippen molar-refractivity contribution in [3.05, 3.63) is 35.9 Å². The molecule has 1 aromatic carbocycles. The number of nitrogens with two attached hydrogens (primary N) is 3. The van der Waals surface area contributed by atoms with Crippen molar-refractivity contribution in [1.29, 1.82) is 0 Å². The van der Waals surface area contributed by atoms with Gasteiger partial charge in [0, 0.05) is 6.42 Å². The summed E-state index contributed by atoms with van der Waals surface area (Å²) < 4.78 is 0. The number of hydrogen-bond acceptors (Lipinski definition) is 7. The van der Waals surface area contributed by atoms with Crippen LogP contribution < -0.4 is 33.2 Å². The van der Waals surface area contributed by atoms with Gasteiger partial charge in [-0.2, -0.15) is 0 Å². The largest absolute Gasteiger partial charge is 0.480 e. The van der Waals surface area contributed by atoms with Gasteiger partial charge in [-0.3, -0.25) is 24.0 Å². The highest BCUT2D eigenvalue weighted by molar-refractivity contribution is 5.95. The summed E-state index contributed by atoms with van der Waals surface area (Å²) in [6.07, 6.45) is -0.980. The first-order valence-electron chi connectivity index (χ1n) is 9.96. The first-order valence-corrected chi connectivity index (χ1v) is 9.96. The van der Waals surface area contributed by atoms with E-state index in [1.165, 1.54) is 0 Å². The zero-order chi connectivity index (χ0) is 25.0. The molecule has 1 rings (SSSR count). The van der Waals surface area contributed by atoms with Crippen LogP contribution in [0.25, 0.3) is 0 Å². The Hall–Kier alpha value is -4.00. The van der Waals surface area contributed by atoms with E-state index in [9.17, 15) is 33.9 Å². The minimum Gasteiger partial charge on any atom is -0.480 e. The van der Waals surface area contributed by atoms with E-state index in [2.05, 4.69) is 16.0 Å². The van der Waals surface area contributed by atoms with Gasteiger partial charge in [-0.1, -0.05) is 30.3 Å². The van der Waals surface area contributed by atoms with Gasteiger partial charge >= 0.3 is 5.97 Å². The van der Waals surface area contributed by atoms with Gasteiger partial charge in [0.15, 0.2) is 0 Å². The van der Waals surface area contributed by atoms with Crippen LogP contribution in [0.5, 0.6) is 0 Å². The number of nitrogens with one attached hydrogen (secondary N) is 3. The Kier molecular flexibility index (Phi) is 11.0. The summed E-state index contributed by atoms with van der Waals surface area (Å²) in [6.45, 7) is -0.548. The molecular weight excluding hydrogens is 436 g/mol. The molecule has 0 spiro atoms. The Bertz CT molecular complexity index is 877. The molecule has 33 heavy (non-hydrogen) atoms. The number of carboxylic acid groups (broad SMARTS) is 1. The maximum atomic E-state index is 12.4. The van der Waals surface area contributed by atoms with Gasteiger partial charge in [0.05, 0.1) is 19.0 Å². The molecule has 0 bridgehead atoms. The van der Waals surface area contributed by atoms with E-state index >= 15 is 0 Å². The number of amides is 5. The number of carbonyl (C=O) groups is 6. The van der Waals surface area contributed by atoms with Crippen molar-refractivity contribution in [3.8, 4) is 0 Å². The standard InChI is InChI=1S/C20H28N6O7/c21-12(8-11-4-2-1-3-5-11)18(30)24-10-17(29)25-14(9-16(23)28)19(31)26-13(20(32)33)6-7-15(22)27/h1-5,12-14H,6-10,21H2,(H2,22,27)(H2,23,28)(H,24,30)(H,25,29)(H,26,31)(H,32,33). The maximum Gasteiger partial charge on any atom is 0.326 e. The smallest absolute Gasteiger partial charge is 0.326 e. The molecule has 13 nitrogen and oxygen atoms in total. The van der Waals surface area contributed by atoms with E-state index in [-0.39, 0.29) is 19.3 Å². The first-order chi connectivity index (χ1) is 15.5. The normalized spacial score (nSPS) is 13.1. The molecule has 5 amide bonds. The van der Waals surface area contributed by atoms with Gasteiger partial charge in [-0.15, -0.1) is 0 Å². The van der Waals surface area contributed by atoms with Gasteiger partial charge in [0.1, 0.15) is 12.1 Å². The molecule has 0 radical (unpaired) electrons. The second-order valence-corrected chi connectivity index (χ2v) is 7.21. The van der Waals surface area contributed by atoms with Crippen LogP contribution in [-0.2, 0) is 35.2 Å². The average Bonchev–Trinajstić information content (AvgIpc) is 2.74. The number of rotatable bonds is 14. The Labute approximate surface area is 189 Å². The van der Waals surface area contributed by atoms with E-state index in [1.54, 1.807) is 24.3 Å². The summed E-state index contributed by atoms with van der Waals surface area (Å²) in [5.41, 5.74) is 16.7. The highest BCUT2D eigenvalue weighted by Gasteiger charge is 2.28. The third-order valence-electron chi connectivity index (χ3n) is 4.41. The topological polar surface area (TPSA) is 237 Å². The highest BCUT2D eigenvalue weighted by atomic mass is 16.4. The summed E-state index contributed by atoms with van der Waals surface area (Å²) in [5, 5.41) is 15.8. The molecule has 0 saturated heterocycles.